The maximum Gasteiger partial charge on any atom is 0.265 e. The lowest BCUT2D eigenvalue weighted by Gasteiger charge is -2.30. The van der Waals surface area contributed by atoms with Gasteiger partial charge in [0.15, 0.2) is 6.61 Å². The van der Waals surface area contributed by atoms with Gasteiger partial charge in [-0.3, -0.25) is 9.10 Å². The Balaban J connectivity index is 1.28. The summed E-state index contributed by atoms with van der Waals surface area (Å²) in [6, 6.07) is 19.9. The van der Waals surface area contributed by atoms with Crippen LogP contribution in [0.2, 0.25) is 0 Å². The van der Waals surface area contributed by atoms with Gasteiger partial charge < -0.3 is 9.64 Å². The van der Waals surface area contributed by atoms with E-state index in [1.165, 1.54) is 16.4 Å². The number of carbonyl (C=O) groups is 1. The van der Waals surface area contributed by atoms with Gasteiger partial charge in [0.05, 0.1) is 10.6 Å². The molecule has 0 saturated heterocycles. The second kappa shape index (κ2) is 9.07. The number of anilines is 2. The van der Waals surface area contributed by atoms with E-state index >= 15 is 0 Å². The molecule has 0 radical (unpaired) electrons. The van der Waals surface area contributed by atoms with E-state index in [0.717, 1.165) is 46.2 Å². The second-order valence-electron chi connectivity index (χ2n) is 8.66. The van der Waals surface area contributed by atoms with Crippen LogP contribution < -0.4 is 13.9 Å². The quantitative estimate of drug-likeness (QED) is 0.459. The zero-order chi connectivity index (χ0) is 23.9. The Bertz CT molecular complexity index is 1340. The topological polar surface area (TPSA) is 66.9 Å². The molecule has 1 amide bonds. The molecular weight excluding hydrogens is 516 g/mol. The summed E-state index contributed by atoms with van der Waals surface area (Å²) in [5.41, 5.74) is 3.82. The molecule has 3 aromatic rings. The Morgan fingerprint density at radius 3 is 2.59 bits per heavy atom. The Kier molecular flexibility index (Phi) is 6.12. The van der Waals surface area contributed by atoms with Gasteiger partial charge in [-0.2, -0.15) is 0 Å². The minimum atomic E-state index is -3.68. The number of hydrogen-bond acceptors (Lipinski definition) is 4. The zero-order valence-electron chi connectivity index (χ0n) is 18.8. The van der Waals surface area contributed by atoms with Gasteiger partial charge in [-0.25, -0.2) is 8.42 Å². The lowest BCUT2D eigenvalue weighted by molar-refractivity contribution is -0.120. The van der Waals surface area contributed by atoms with E-state index in [-0.39, 0.29) is 23.5 Å². The molecule has 0 aromatic heterocycles. The molecule has 2 aliphatic rings. The van der Waals surface area contributed by atoms with E-state index in [1.54, 1.807) is 17.0 Å². The molecule has 0 unspecified atom stereocenters. The average molecular weight is 541 g/mol. The number of aryl methyl sites for hydroxylation is 1. The molecule has 5 rings (SSSR count). The summed E-state index contributed by atoms with van der Waals surface area (Å²) in [5, 5.41) is 0. The smallest absolute Gasteiger partial charge is 0.265 e. The first-order valence-corrected chi connectivity index (χ1v) is 13.5. The third-order valence-electron chi connectivity index (χ3n) is 6.37. The van der Waals surface area contributed by atoms with E-state index < -0.39 is 10.0 Å². The van der Waals surface area contributed by atoms with Crippen molar-refractivity contribution in [2.45, 2.75) is 37.1 Å². The van der Waals surface area contributed by atoms with Crippen LogP contribution in [0.1, 0.15) is 24.5 Å². The molecule has 3 aromatic carbocycles. The molecule has 0 aliphatic carbocycles. The van der Waals surface area contributed by atoms with Crippen molar-refractivity contribution in [3.05, 3.63) is 82.3 Å². The van der Waals surface area contributed by atoms with Crippen molar-refractivity contribution in [1.82, 2.24) is 0 Å². The molecule has 2 heterocycles. The second-order valence-corrected chi connectivity index (χ2v) is 11.4. The summed E-state index contributed by atoms with van der Waals surface area (Å²) < 4.78 is 34.8. The van der Waals surface area contributed by atoms with Crippen molar-refractivity contribution >= 4 is 43.2 Å². The Morgan fingerprint density at radius 1 is 1.03 bits per heavy atom. The van der Waals surface area contributed by atoms with Gasteiger partial charge in [-0.1, -0.05) is 34.1 Å². The molecule has 0 fully saturated rings. The SMILES string of the molecule is C[C@H]1Cc2cc(Br)ccc2N1C(=O)COc1ccc(S(=O)(=O)N2CCCc3ccccc32)cc1. The minimum Gasteiger partial charge on any atom is -0.484 e. The van der Waals surface area contributed by atoms with Gasteiger partial charge in [-0.15, -0.1) is 0 Å². The number of benzene rings is 3. The number of halogens is 1. The van der Waals surface area contributed by atoms with Crippen LogP contribution in [0.15, 0.2) is 76.1 Å². The number of rotatable bonds is 5. The maximum absolute atomic E-state index is 13.3. The Labute approximate surface area is 208 Å². The number of para-hydroxylation sites is 1. The van der Waals surface area contributed by atoms with Crippen molar-refractivity contribution in [1.29, 1.82) is 0 Å². The van der Waals surface area contributed by atoms with Crippen LogP contribution in [0.3, 0.4) is 0 Å². The molecule has 1 atom stereocenters. The molecule has 34 heavy (non-hydrogen) atoms. The third kappa shape index (κ3) is 4.20. The summed E-state index contributed by atoms with van der Waals surface area (Å²) in [4.78, 5) is 14.9. The summed E-state index contributed by atoms with van der Waals surface area (Å²) in [6.45, 7) is 2.35. The maximum atomic E-state index is 13.3. The fourth-order valence-electron chi connectivity index (χ4n) is 4.78. The van der Waals surface area contributed by atoms with Crippen LogP contribution >= 0.6 is 15.9 Å². The highest BCUT2D eigenvalue weighted by atomic mass is 79.9. The highest BCUT2D eigenvalue weighted by Crippen LogP contribution is 2.35. The van der Waals surface area contributed by atoms with Gasteiger partial charge >= 0.3 is 0 Å². The number of ether oxygens (including phenoxy) is 1. The molecule has 2 aliphatic heterocycles. The minimum absolute atomic E-state index is 0.0559. The van der Waals surface area contributed by atoms with Gasteiger partial charge in [0.2, 0.25) is 0 Å². The molecule has 0 spiro atoms. The van der Waals surface area contributed by atoms with Crippen LogP contribution in [0.4, 0.5) is 11.4 Å². The fourth-order valence-corrected chi connectivity index (χ4v) is 6.73. The predicted octanol–water partition coefficient (Wildman–Crippen LogP) is 4.95. The number of fused-ring (bicyclic) bond motifs is 2. The Hall–Kier alpha value is -2.84. The molecule has 0 N–H and O–H groups in total. The largest absolute Gasteiger partial charge is 0.484 e. The van der Waals surface area contributed by atoms with E-state index in [9.17, 15) is 13.2 Å². The van der Waals surface area contributed by atoms with Gasteiger partial charge in [0.25, 0.3) is 15.9 Å². The van der Waals surface area contributed by atoms with Crippen molar-refractivity contribution in [3.8, 4) is 5.75 Å². The van der Waals surface area contributed by atoms with Crippen LogP contribution in [0.25, 0.3) is 0 Å². The molecule has 176 valence electrons. The lowest BCUT2D eigenvalue weighted by Crippen LogP contribution is -2.39. The summed E-state index contributed by atoms with van der Waals surface area (Å²) in [5.74, 6) is 0.324. The van der Waals surface area contributed by atoms with Crippen LogP contribution in [0, 0.1) is 0 Å². The first-order chi connectivity index (χ1) is 16.3. The van der Waals surface area contributed by atoms with Crippen molar-refractivity contribution in [2.24, 2.45) is 0 Å². The molecule has 0 bridgehead atoms. The molecular formula is C26H25BrN2O4S. The number of nitrogens with zero attached hydrogens (tertiary/aromatic N) is 2. The van der Waals surface area contributed by atoms with E-state index in [0.29, 0.717) is 12.3 Å². The van der Waals surface area contributed by atoms with Crippen molar-refractivity contribution < 1.29 is 17.9 Å². The highest BCUT2D eigenvalue weighted by molar-refractivity contribution is 9.10. The molecule has 6 nitrogen and oxygen atoms in total. The third-order valence-corrected chi connectivity index (χ3v) is 8.69. The lowest BCUT2D eigenvalue weighted by atomic mass is 10.0. The average Bonchev–Trinajstić information content (AvgIpc) is 3.17. The van der Waals surface area contributed by atoms with E-state index in [1.807, 2.05) is 49.4 Å². The van der Waals surface area contributed by atoms with Crippen LogP contribution in [-0.4, -0.2) is 33.5 Å². The van der Waals surface area contributed by atoms with E-state index in [2.05, 4.69) is 15.9 Å². The predicted molar refractivity (Wildman–Crippen MR) is 136 cm³/mol. The first-order valence-electron chi connectivity index (χ1n) is 11.3. The van der Waals surface area contributed by atoms with Crippen LogP contribution in [-0.2, 0) is 27.7 Å². The summed E-state index contributed by atoms with van der Waals surface area (Å²) in [7, 11) is -3.68. The molecule has 8 heteroatoms. The molecule has 0 saturated carbocycles. The van der Waals surface area contributed by atoms with Gasteiger partial charge in [-0.05, 0) is 85.8 Å². The van der Waals surface area contributed by atoms with Crippen molar-refractivity contribution in [3.63, 3.8) is 0 Å². The standard InChI is InChI=1S/C26H25BrN2O4S/c1-18-15-20-16-21(27)8-13-25(20)29(18)26(30)17-33-22-9-11-23(12-10-22)34(31,32)28-14-4-6-19-5-2-3-7-24(19)28/h2-3,5,7-13,16,18H,4,6,14-15,17H2,1H3/t18-/m0/s1. The number of hydrogen-bond donors (Lipinski definition) is 0. The Morgan fingerprint density at radius 2 is 1.79 bits per heavy atom. The monoisotopic (exact) mass is 540 g/mol. The number of amides is 1. The highest BCUT2D eigenvalue weighted by Gasteiger charge is 2.31. The van der Waals surface area contributed by atoms with Gasteiger partial charge in [0, 0.05) is 22.7 Å². The number of carbonyl (C=O) groups excluding carboxylic acids is 1. The van der Waals surface area contributed by atoms with Crippen molar-refractivity contribution in [2.75, 3.05) is 22.4 Å². The summed E-state index contributed by atoms with van der Waals surface area (Å²) in [6.07, 6.45) is 2.46. The fraction of sp³-hybridized carbons (Fsp3) is 0.269. The summed E-state index contributed by atoms with van der Waals surface area (Å²) >= 11 is 3.48. The van der Waals surface area contributed by atoms with Crippen LogP contribution in [0.5, 0.6) is 5.75 Å². The van der Waals surface area contributed by atoms with Gasteiger partial charge in [0.1, 0.15) is 5.75 Å². The number of sulfonamides is 1. The normalized spacial score (nSPS) is 17.3. The van der Waals surface area contributed by atoms with E-state index in [4.69, 9.17) is 4.74 Å². The first kappa shape index (κ1) is 22.9. The zero-order valence-corrected chi connectivity index (χ0v) is 21.2.